The van der Waals surface area contributed by atoms with Crippen LogP contribution in [0, 0.1) is 6.92 Å². The van der Waals surface area contributed by atoms with Crippen molar-refractivity contribution >= 4 is 0 Å². The molecule has 0 aromatic heterocycles. The van der Waals surface area contributed by atoms with Crippen LogP contribution in [0.3, 0.4) is 0 Å². The minimum Gasteiger partial charge on any atom is -0.313 e. The maximum Gasteiger partial charge on any atom is 0.0205 e. The largest absolute Gasteiger partial charge is 0.313 e. The van der Waals surface area contributed by atoms with Crippen molar-refractivity contribution < 1.29 is 0 Å². The molecule has 1 aromatic carbocycles. The third kappa shape index (κ3) is 4.43. The Bertz CT molecular complexity index is 238. The molecule has 0 aliphatic rings. The summed E-state index contributed by atoms with van der Waals surface area (Å²) >= 11 is 0. The Labute approximate surface area is 87.5 Å². The summed E-state index contributed by atoms with van der Waals surface area (Å²) in [5.74, 6) is 0. The van der Waals surface area contributed by atoms with Crippen LogP contribution in [0.4, 0.5) is 0 Å². The van der Waals surface area contributed by atoms with Gasteiger partial charge in [-0.15, -0.1) is 0 Å². The van der Waals surface area contributed by atoms with Crippen LogP contribution in [-0.4, -0.2) is 6.54 Å². The smallest absolute Gasteiger partial charge is 0.0205 e. The molecule has 1 N–H and O–H groups in total. The molecule has 0 aliphatic carbocycles. The molecule has 0 aliphatic heterocycles. The summed E-state index contributed by atoms with van der Waals surface area (Å²) in [5.41, 5.74) is 2.71. The Morgan fingerprint density at radius 1 is 1.07 bits per heavy atom. The number of benzene rings is 1. The molecule has 14 heavy (non-hydrogen) atoms. The Morgan fingerprint density at radius 2 is 1.79 bits per heavy atom. The minimum absolute atomic E-state index is 1.00. The van der Waals surface area contributed by atoms with Crippen LogP contribution in [0.1, 0.15) is 37.3 Å². The van der Waals surface area contributed by atoms with E-state index in [0.29, 0.717) is 0 Å². The van der Waals surface area contributed by atoms with Crippen LogP contribution in [0.2, 0.25) is 0 Å². The lowest BCUT2D eigenvalue weighted by molar-refractivity contribution is 0.617. The van der Waals surface area contributed by atoms with E-state index < -0.39 is 0 Å². The zero-order valence-corrected chi connectivity index (χ0v) is 9.34. The molecule has 0 unspecified atom stereocenters. The molecule has 1 rings (SSSR count). The van der Waals surface area contributed by atoms with Gasteiger partial charge in [0.25, 0.3) is 0 Å². The molecule has 0 fully saturated rings. The SMILES string of the molecule is CCCCCNCc1ccc(C)cc1. The number of aryl methyl sites for hydroxylation is 1. The highest BCUT2D eigenvalue weighted by Gasteiger charge is 1.91. The van der Waals surface area contributed by atoms with E-state index >= 15 is 0 Å². The van der Waals surface area contributed by atoms with E-state index in [4.69, 9.17) is 0 Å². The van der Waals surface area contributed by atoms with Gasteiger partial charge in [0.05, 0.1) is 0 Å². The molecule has 78 valence electrons. The first-order chi connectivity index (χ1) is 6.83. The second-order valence-electron chi connectivity index (χ2n) is 3.87. The van der Waals surface area contributed by atoms with Crippen molar-refractivity contribution in [3.05, 3.63) is 35.4 Å². The first-order valence-electron chi connectivity index (χ1n) is 5.59. The highest BCUT2D eigenvalue weighted by atomic mass is 14.8. The molecule has 0 atom stereocenters. The van der Waals surface area contributed by atoms with E-state index in [1.807, 2.05) is 0 Å². The average Bonchev–Trinajstić information content (AvgIpc) is 2.21. The maximum absolute atomic E-state index is 3.46. The van der Waals surface area contributed by atoms with Crippen LogP contribution >= 0.6 is 0 Å². The number of hydrogen-bond acceptors (Lipinski definition) is 1. The molecule has 0 saturated heterocycles. The van der Waals surface area contributed by atoms with E-state index in [1.165, 1.54) is 30.4 Å². The van der Waals surface area contributed by atoms with Crippen molar-refractivity contribution in [1.82, 2.24) is 5.32 Å². The molecular weight excluding hydrogens is 170 g/mol. The van der Waals surface area contributed by atoms with Crippen molar-refractivity contribution in [2.24, 2.45) is 0 Å². The third-order valence-electron chi connectivity index (χ3n) is 2.41. The van der Waals surface area contributed by atoms with Gasteiger partial charge in [-0.1, -0.05) is 49.6 Å². The van der Waals surface area contributed by atoms with Crippen LogP contribution in [-0.2, 0) is 6.54 Å². The van der Waals surface area contributed by atoms with Crippen LogP contribution in [0.25, 0.3) is 0 Å². The number of hydrogen-bond donors (Lipinski definition) is 1. The lowest BCUT2D eigenvalue weighted by atomic mass is 10.1. The van der Waals surface area contributed by atoms with Crippen molar-refractivity contribution in [2.45, 2.75) is 39.7 Å². The molecule has 0 spiro atoms. The number of rotatable bonds is 6. The molecule has 0 heterocycles. The zero-order chi connectivity index (χ0) is 10.2. The summed E-state index contributed by atoms with van der Waals surface area (Å²) in [7, 11) is 0. The summed E-state index contributed by atoms with van der Waals surface area (Å²) in [6.07, 6.45) is 3.93. The Kier molecular flexibility index (Phi) is 5.31. The van der Waals surface area contributed by atoms with Gasteiger partial charge in [0, 0.05) is 6.54 Å². The Morgan fingerprint density at radius 3 is 2.43 bits per heavy atom. The number of unbranched alkanes of at least 4 members (excludes halogenated alkanes) is 2. The van der Waals surface area contributed by atoms with Gasteiger partial charge < -0.3 is 5.32 Å². The standard InChI is InChI=1S/C13H21N/c1-3-4-5-10-14-11-13-8-6-12(2)7-9-13/h6-9,14H,3-5,10-11H2,1-2H3. The first-order valence-corrected chi connectivity index (χ1v) is 5.59. The second-order valence-corrected chi connectivity index (χ2v) is 3.87. The maximum atomic E-state index is 3.46. The predicted molar refractivity (Wildman–Crippen MR) is 62.4 cm³/mol. The lowest BCUT2D eigenvalue weighted by Crippen LogP contribution is -2.14. The summed E-state index contributed by atoms with van der Waals surface area (Å²) in [4.78, 5) is 0. The van der Waals surface area contributed by atoms with E-state index in [2.05, 4.69) is 43.4 Å². The third-order valence-corrected chi connectivity index (χ3v) is 2.41. The van der Waals surface area contributed by atoms with Gasteiger partial charge in [-0.25, -0.2) is 0 Å². The van der Waals surface area contributed by atoms with Gasteiger partial charge in [-0.3, -0.25) is 0 Å². The summed E-state index contributed by atoms with van der Waals surface area (Å²) in [6.45, 7) is 6.50. The second kappa shape index (κ2) is 6.61. The summed E-state index contributed by atoms with van der Waals surface area (Å²) in [5, 5.41) is 3.46. The van der Waals surface area contributed by atoms with Gasteiger partial charge in [0.15, 0.2) is 0 Å². The fraction of sp³-hybridized carbons (Fsp3) is 0.538. The summed E-state index contributed by atoms with van der Waals surface area (Å²) < 4.78 is 0. The fourth-order valence-electron chi connectivity index (χ4n) is 1.44. The topological polar surface area (TPSA) is 12.0 Å². The molecule has 0 amide bonds. The first kappa shape index (κ1) is 11.3. The number of nitrogens with one attached hydrogen (secondary N) is 1. The van der Waals surface area contributed by atoms with Crippen LogP contribution in [0.15, 0.2) is 24.3 Å². The molecule has 1 aromatic rings. The van der Waals surface area contributed by atoms with Crippen LogP contribution in [0.5, 0.6) is 0 Å². The molecular formula is C13H21N. The molecule has 0 bridgehead atoms. The lowest BCUT2D eigenvalue weighted by Gasteiger charge is -2.04. The average molecular weight is 191 g/mol. The monoisotopic (exact) mass is 191 g/mol. The fourth-order valence-corrected chi connectivity index (χ4v) is 1.44. The minimum atomic E-state index is 1.00. The molecule has 1 heteroatoms. The van der Waals surface area contributed by atoms with Gasteiger partial charge in [-0.2, -0.15) is 0 Å². The van der Waals surface area contributed by atoms with Crippen molar-refractivity contribution in [2.75, 3.05) is 6.54 Å². The van der Waals surface area contributed by atoms with Crippen molar-refractivity contribution in [3.8, 4) is 0 Å². The molecule has 0 saturated carbocycles. The van der Waals surface area contributed by atoms with Crippen molar-refractivity contribution in [3.63, 3.8) is 0 Å². The quantitative estimate of drug-likeness (QED) is 0.680. The van der Waals surface area contributed by atoms with Gasteiger partial charge >= 0.3 is 0 Å². The van der Waals surface area contributed by atoms with E-state index in [1.54, 1.807) is 0 Å². The van der Waals surface area contributed by atoms with Gasteiger partial charge in [-0.05, 0) is 25.5 Å². The normalized spacial score (nSPS) is 10.4. The van der Waals surface area contributed by atoms with Crippen LogP contribution < -0.4 is 5.32 Å². The highest BCUT2D eigenvalue weighted by molar-refractivity contribution is 5.20. The van der Waals surface area contributed by atoms with E-state index in [-0.39, 0.29) is 0 Å². The van der Waals surface area contributed by atoms with Crippen molar-refractivity contribution in [1.29, 1.82) is 0 Å². The summed E-state index contributed by atoms with van der Waals surface area (Å²) in [6, 6.07) is 8.73. The van der Waals surface area contributed by atoms with E-state index in [9.17, 15) is 0 Å². The zero-order valence-electron chi connectivity index (χ0n) is 9.34. The highest BCUT2D eigenvalue weighted by Crippen LogP contribution is 2.02. The Balaban J connectivity index is 2.15. The predicted octanol–water partition coefficient (Wildman–Crippen LogP) is 3.27. The molecule has 1 nitrogen and oxygen atoms in total. The Hall–Kier alpha value is -0.820. The van der Waals surface area contributed by atoms with E-state index in [0.717, 1.165) is 13.1 Å². The van der Waals surface area contributed by atoms with Gasteiger partial charge in [0.1, 0.15) is 0 Å². The van der Waals surface area contributed by atoms with Gasteiger partial charge in [0.2, 0.25) is 0 Å². The molecule has 0 radical (unpaired) electrons.